The van der Waals surface area contributed by atoms with Gasteiger partial charge in [0.2, 0.25) is 0 Å². The molecule has 6 heteroatoms. The maximum absolute atomic E-state index is 8.68. The van der Waals surface area contributed by atoms with E-state index < -0.39 is 6.85 Å². The molecule has 0 spiro atoms. The normalized spacial score (nSPS) is 15.4. The van der Waals surface area contributed by atoms with Crippen LogP contribution in [0.5, 0.6) is 11.5 Å². The minimum absolute atomic E-state index is 0. The number of benzene rings is 8. The van der Waals surface area contributed by atoms with Crippen LogP contribution in [0, 0.1) is 25.7 Å². The summed E-state index contributed by atoms with van der Waals surface area (Å²) < 4.78 is 32.6. The molecule has 5 nitrogen and oxygen atoms in total. The van der Waals surface area contributed by atoms with Gasteiger partial charge in [-0.3, -0.25) is 0 Å². The van der Waals surface area contributed by atoms with Crippen molar-refractivity contribution < 1.29 is 29.9 Å². The predicted molar refractivity (Wildman–Crippen MR) is 337 cm³/mol. The van der Waals surface area contributed by atoms with Crippen molar-refractivity contribution >= 4 is 34.3 Å². The Bertz CT molecular complexity index is 3870. The van der Waals surface area contributed by atoms with E-state index in [4.69, 9.17) is 13.8 Å². The molecule has 11 rings (SSSR count). The molecule has 0 bridgehead atoms. The average Bonchev–Trinajstić information content (AvgIpc) is 1.88. The third-order valence-electron chi connectivity index (χ3n) is 16.5. The number of ether oxygens (including phenoxy) is 1. The molecule has 0 unspecified atom stereocenters. The standard InChI is InChI=1S/C75H77N4O.Pt/c1-49-23-20-30-65(77-68-46-63(73(8,9)10)61(47-76-68)52-35-38-62-64(43-52)75(13,14)40-39-74(62,11)12)69(49)51-33-36-57(37-34-51)80-58-27-21-26-56(45-58)78-48-79(67-32-19-18-31-66(67)78)70-59(50-24-16-15-17-25-50)28-22-29-60(70)53-41-54(71(2,3)4)44-55(42-53)72(5,6)7;/h15-36,38,41-44,46-48H,39-40H2,1-14H3,(H,76,77);/q-3;/i1D3;. The minimum atomic E-state index is -2.40. The van der Waals surface area contributed by atoms with Crippen LogP contribution in [0.1, 0.15) is 140 Å². The zero-order chi connectivity index (χ0) is 59.0. The third-order valence-corrected chi connectivity index (χ3v) is 16.5. The van der Waals surface area contributed by atoms with Crippen LogP contribution in [0.15, 0.2) is 176 Å². The van der Waals surface area contributed by atoms with Crippen molar-refractivity contribution in [3.63, 3.8) is 0 Å². The largest absolute Gasteiger partial charge is 0.509 e. The molecule has 81 heavy (non-hydrogen) atoms. The molecule has 2 aliphatic rings. The van der Waals surface area contributed by atoms with Crippen molar-refractivity contribution in [2.75, 3.05) is 15.1 Å². The van der Waals surface area contributed by atoms with Gasteiger partial charge in [0.1, 0.15) is 5.82 Å². The van der Waals surface area contributed by atoms with Gasteiger partial charge in [0.05, 0.1) is 0 Å². The van der Waals surface area contributed by atoms with Crippen molar-refractivity contribution in [1.82, 2.24) is 4.98 Å². The van der Waals surface area contributed by atoms with Crippen molar-refractivity contribution in [3.8, 4) is 56.0 Å². The van der Waals surface area contributed by atoms with E-state index in [2.05, 4.69) is 239 Å². The molecule has 1 aliphatic heterocycles. The maximum Gasteiger partial charge on any atom is 0.130 e. The van der Waals surface area contributed by atoms with Gasteiger partial charge in [-0.2, -0.15) is 18.2 Å². The van der Waals surface area contributed by atoms with Gasteiger partial charge in [-0.1, -0.05) is 205 Å². The smallest absolute Gasteiger partial charge is 0.130 e. The molecular formula is C75H77N4OPt-3. The van der Waals surface area contributed by atoms with Crippen LogP contribution < -0.4 is 19.9 Å². The molecule has 0 saturated carbocycles. The van der Waals surface area contributed by atoms with E-state index in [1.807, 2.05) is 42.6 Å². The molecule has 1 N–H and O–H groups in total. The first-order valence-electron chi connectivity index (χ1n) is 29.8. The van der Waals surface area contributed by atoms with Crippen LogP contribution in [0.4, 0.5) is 34.3 Å². The number of fused-ring (bicyclic) bond motifs is 2. The molecule has 8 aromatic carbocycles. The summed E-state index contributed by atoms with van der Waals surface area (Å²) >= 11 is 0. The number of hydrogen-bond acceptors (Lipinski definition) is 5. The van der Waals surface area contributed by atoms with E-state index in [1.165, 1.54) is 27.8 Å². The predicted octanol–water partition coefficient (Wildman–Crippen LogP) is 20.8. The Balaban J connectivity index is 0.00000786. The molecule has 1 aliphatic carbocycles. The number of para-hydroxylation sites is 3. The molecular weight excluding hydrogens is 1170 g/mol. The van der Waals surface area contributed by atoms with E-state index in [1.54, 1.807) is 18.2 Å². The van der Waals surface area contributed by atoms with E-state index in [0.29, 0.717) is 34.1 Å². The zero-order valence-corrected chi connectivity index (χ0v) is 51.6. The summed E-state index contributed by atoms with van der Waals surface area (Å²) in [4.78, 5) is 9.52. The molecule has 0 radical (unpaired) electrons. The first-order chi connectivity index (χ1) is 39.1. The van der Waals surface area contributed by atoms with Crippen LogP contribution in [0.2, 0.25) is 0 Å². The van der Waals surface area contributed by atoms with Gasteiger partial charge >= 0.3 is 0 Å². The summed E-state index contributed by atoms with van der Waals surface area (Å²) in [7, 11) is 0. The molecule has 1 aromatic heterocycles. The second-order valence-electron chi connectivity index (χ2n) is 26.4. The minimum Gasteiger partial charge on any atom is -0.509 e. The topological polar surface area (TPSA) is 40.6 Å². The van der Waals surface area contributed by atoms with Crippen LogP contribution in [-0.2, 0) is 48.1 Å². The number of aromatic nitrogens is 1. The number of rotatable bonds is 10. The SMILES string of the molecule is [2H]C([2H])([2H])c1cccc(Nc2cc(C(C)(C)C)c(-c3ccc4c(c3)C(C)(C)CCC4(C)C)cn2)c1-c1c[c-]c(Oc2[c-]c(N3[CH-]N(c4c(-c5ccccc5)cccc4-c4cc(C(C)(C)C)cc(C(C)(C)C)c4)c4ccccc43)ccc2)cc1.[Pt]. The Morgan fingerprint density at radius 3 is 1.85 bits per heavy atom. The van der Waals surface area contributed by atoms with Crippen molar-refractivity contribution in [3.05, 3.63) is 228 Å². The number of nitrogens with one attached hydrogen (secondary N) is 1. The summed E-state index contributed by atoms with van der Waals surface area (Å²) in [5, 5.41) is 3.57. The fourth-order valence-corrected chi connectivity index (χ4v) is 11.6. The average molecular weight is 1250 g/mol. The number of anilines is 6. The second-order valence-corrected chi connectivity index (χ2v) is 26.4. The molecule has 9 aromatic rings. The van der Waals surface area contributed by atoms with Crippen LogP contribution >= 0.6 is 0 Å². The second kappa shape index (κ2) is 21.6. The molecule has 0 atom stereocenters. The third kappa shape index (κ3) is 11.4. The van der Waals surface area contributed by atoms with Crippen LogP contribution in [0.25, 0.3) is 44.5 Å². The Morgan fingerprint density at radius 1 is 0.568 bits per heavy atom. The van der Waals surface area contributed by atoms with Gasteiger partial charge in [-0.05, 0) is 121 Å². The number of hydrogen-bond donors (Lipinski definition) is 1. The van der Waals surface area contributed by atoms with E-state index in [-0.39, 0.29) is 53.7 Å². The van der Waals surface area contributed by atoms with E-state index in [0.717, 1.165) is 69.0 Å². The molecule has 2 heterocycles. The van der Waals surface area contributed by atoms with Crippen LogP contribution in [-0.4, -0.2) is 4.98 Å². The number of aryl methyl sites for hydroxylation is 1. The van der Waals surface area contributed by atoms with Gasteiger partial charge in [0.25, 0.3) is 0 Å². The van der Waals surface area contributed by atoms with Gasteiger partial charge in [0.15, 0.2) is 0 Å². The van der Waals surface area contributed by atoms with Gasteiger partial charge in [-0.15, -0.1) is 48.3 Å². The summed E-state index contributed by atoms with van der Waals surface area (Å²) in [5.74, 6) is 1.60. The van der Waals surface area contributed by atoms with Gasteiger partial charge in [0, 0.05) is 82.3 Å². The van der Waals surface area contributed by atoms with Crippen molar-refractivity contribution in [2.45, 2.75) is 137 Å². The Hall–Kier alpha value is -7.20. The van der Waals surface area contributed by atoms with Gasteiger partial charge in [-0.25, -0.2) is 4.98 Å². The monoisotopic (exact) mass is 1250 g/mol. The van der Waals surface area contributed by atoms with E-state index >= 15 is 0 Å². The molecule has 0 saturated heterocycles. The molecule has 0 fully saturated rings. The Labute approximate surface area is 502 Å². The first kappa shape index (κ1) is 53.1. The van der Waals surface area contributed by atoms with Crippen molar-refractivity contribution in [1.29, 1.82) is 0 Å². The number of nitrogens with zero attached hydrogens (tertiary/aromatic N) is 3. The summed E-state index contributed by atoms with van der Waals surface area (Å²) in [5.41, 5.74) is 19.2. The summed E-state index contributed by atoms with van der Waals surface area (Å²) in [6.45, 7) is 29.6. The quantitative estimate of drug-likeness (QED) is 0.138. The van der Waals surface area contributed by atoms with Crippen LogP contribution in [0.3, 0.4) is 0 Å². The fourth-order valence-electron chi connectivity index (χ4n) is 11.6. The summed E-state index contributed by atoms with van der Waals surface area (Å²) in [6, 6.07) is 65.8. The zero-order valence-electron chi connectivity index (χ0n) is 52.3. The van der Waals surface area contributed by atoms with E-state index in [9.17, 15) is 0 Å². The van der Waals surface area contributed by atoms with Gasteiger partial charge < -0.3 is 19.9 Å². The Morgan fingerprint density at radius 2 is 1.20 bits per heavy atom. The maximum atomic E-state index is 8.68. The van der Waals surface area contributed by atoms with Crippen molar-refractivity contribution in [2.24, 2.45) is 0 Å². The first-order valence-corrected chi connectivity index (χ1v) is 28.3. The number of pyridine rings is 1. The fraction of sp³-hybridized carbons (Fsp3) is 0.280. The molecule has 0 amide bonds. The molecule has 416 valence electrons. The summed E-state index contributed by atoms with van der Waals surface area (Å²) in [6.07, 6.45) is 4.26. The Kier molecular flexibility index (Phi) is 14.2.